The number of anilines is 1. The van der Waals surface area contributed by atoms with Crippen molar-refractivity contribution in [1.29, 1.82) is 0 Å². The molecule has 20 heavy (non-hydrogen) atoms. The number of fused-ring (bicyclic) bond motifs is 1. The fraction of sp³-hybridized carbons (Fsp3) is 0.0625. The quantitative estimate of drug-likeness (QED) is 0.567. The molecule has 3 rings (SSSR count). The minimum absolute atomic E-state index is 0.229. The number of carbonyl (C=O) groups excluding carboxylic acids is 1. The summed E-state index contributed by atoms with van der Waals surface area (Å²) >= 11 is 5.92. The van der Waals surface area contributed by atoms with Crippen molar-refractivity contribution in [2.45, 2.75) is 6.92 Å². The Morgan fingerprint density at radius 2 is 1.95 bits per heavy atom. The second kappa shape index (κ2) is 4.69. The molecule has 0 amide bonds. The SMILES string of the molecule is Cc1ccc2oc(C(=O)c3cc(N)cc(Cl)c3)cc2c1. The van der Waals surface area contributed by atoms with Crippen LogP contribution in [0.2, 0.25) is 5.02 Å². The molecule has 0 aliphatic heterocycles. The minimum atomic E-state index is -0.229. The predicted molar refractivity (Wildman–Crippen MR) is 80.2 cm³/mol. The number of carbonyl (C=O) groups is 1. The summed E-state index contributed by atoms with van der Waals surface area (Å²) in [5.41, 5.74) is 8.38. The van der Waals surface area contributed by atoms with Crippen LogP contribution in [0, 0.1) is 6.92 Å². The van der Waals surface area contributed by atoms with Crippen LogP contribution in [0.3, 0.4) is 0 Å². The van der Waals surface area contributed by atoms with E-state index in [1.165, 1.54) is 0 Å². The van der Waals surface area contributed by atoms with E-state index in [0.717, 1.165) is 10.9 Å². The van der Waals surface area contributed by atoms with Crippen molar-refractivity contribution in [3.63, 3.8) is 0 Å². The molecule has 2 aromatic carbocycles. The van der Waals surface area contributed by atoms with Crippen LogP contribution in [-0.4, -0.2) is 5.78 Å². The van der Waals surface area contributed by atoms with Crippen LogP contribution in [0.4, 0.5) is 5.69 Å². The maximum absolute atomic E-state index is 12.4. The number of furan rings is 1. The highest BCUT2D eigenvalue weighted by Crippen LogP contribution is 2.24. The zero-order valence-electron chi connectivity index (χ0n) is 10.8. The second-order valence-corrected chi connectivity index (χ2v) is 5.19. The fourth-order valence-corrected chi connectivity index (χ4v) is 2.40. The number of benzene rings is 2. The van der Waals surface area contributed by atoms with E-state index < -0.39 is 0 Å². The van der Waals surface area contributed by atoms with E-state index in [4.69, 9.17) is 21.8 Å². The van der Waals surface area contributed by atoms with E-state index in [2.05, 4.69) is 0 Å². The first kappa shape index (κ1) is 12.8. The van der Waals surface area contributed by atoms with Crippen molar-refractivity contribution in [3.05, 3.63) is 64.4 Å². The Bertz CT molecular complexity index is 800. The lowest BCUT2D eigenvalue weighted by Gasteiger charge is -2.00. The summed E-state index contributed by atoms with van der Waals surface area (Å²) in [6.45, 7) is 1.99. The Balaban J connectivity index is 2.07. The highest BCUT2D eigenvalue weighted by molar-refractivity contribution is 6.31. The van der Waals surface area contributed by atoms with Gasteiger partial charge in [-0.2, -0.15) is 0 Å². The van der Waals surface area contributed by atoms with Gasteiger partial charge in [-0.05, 0) is 43.3 Å². The molecule has 1 heterocycles. The number of nitrogens with two attached hydrogens (primary N) is 1. The lowest BCUT2D eigenvalue weighted by Crippen LogP contribution is -2.00. The summed E-state index contributed by atoms with van der Waals surface area (Å²) in [6, 6.07) is 12.3. The van der Waals surface area contributed by atoms with Crippen molar-refractivity contribution in [2.24, 2.45) is 0 Å². The minimum Gasteiger partial charge on any atom is -0.453 e. The van der Waals surface area contributed by atoms with Crippen LogP contribution in [0.25, 0.3) is 11.0 Å². The van der Waals surface area contributed by atoms with E-state index in [0.29, 0.717) is 21.9 Å². The van der Waals surface area contributed by atoms with Crippen LogP contribution < -0.4 is 5.73 Å². The normalized spacial score (nSPS) is 10.9. The smallest absolute Gasteiger partial charge is 0.228 e. The van der Waals surface area contributed by atoms with Gasteiger partial charge in [-0.1, -0.05) is 23.2 Å². The van der Waals surface area contributed by atoms with Crippen LogP contribution in [0.5, 0.6) is 0 Å². The Morgan fingerprint density at radius 1 is 1.15 bits per heavy atom. The third-order valence-corrected chi connectivity index (χ3v) is 3.30. The topological polar surface area (TPSA) is 56.2 Å². The molecule has 0 aliphatic carbocycles. The van der Waals surface area contributed by atoms with Crippen molar-refractivity contribution < 1.29 is 9.21 Å². The molecule has 0 bridgehead atoms. The number of halogens is 1. The maximum Gasteiger partial charge on any atom is 0.228 e. The second-order valence-electron chi connectivity index (χ2n) is 4.75. The van der Waals surface area contributed by atoms with Crippen LogP contribution >= 0.6 is 11.6 Å². The molecule has 0 saturated carbocycles. The number of aryl methyl sites for hydroxylation is 1. The largest absolute Gasteiger partial charge is 0.453 e. The summed E-state index contributed by atoms with van der Waals surface area (Å²) in [5.74, 6) is 0.0559. The molecule has 0 saturated heterocycles. The van der Waals surface area contributed by atoms with Gasteiger partial charge in [0.05, 0.1) is 0 Å². The van der Waals surface area contributed by atoms with E-state index >= 15 is 0 Å². The first-order valence-electron chi connectivity index (χ1n) is 6.14. The average molecular weight is 286 g/mol. The van der Waals surface area contributed by atoms with Crippen LogP contribution in [0.1, 0.15) is 21.7 Å². The molecule has 1 aromatic heterocycles. The summed E-state index contributed by atoms with van der Waals surface area (Å²) < 4.78 is 5.59. The monoisotopic (exact) mass is 285 g/mol. The van der Waals surface area contributed by atoms with E-state index in [9.17, 15) is 4.79 Å². The van der Waals surface area contributed by atoms with E-state index in [1.54, 1.807) is 24.3 Å². The molecule has 100 valence electrons. The van der Waals surface area contributed by atoms with Crippen LogP contribution in [0.15, 0.2) is 46.9 Å². The van der Waals surface area contributed by atoms with Gasteiger partial charge in [0.2, 0.25) is 5.78 Å². The standard InChI is InChI=1S/C16H12ClNO2/c1-9-2-3-14-10(4-9)7-15(20-14)16(19)11-5-12(17)8-13(18)6-11/h2-8H,18H2,1H3. The maximum atomic E-state index is 12.4. The summed E-state index contributed by atoms with van der Waals surface area (Å²) in [5, 5.41) is 1.34. The molecule has 0 aliphatic rings. The summed E-state index contributed by atoms with van der Waals surface area (Å²) in [4.78, 5) is 12.4. The fourth-order valence-electron chi connectivity index (χ4n) is 2.16. The molecule has 0 spiro atoms. The van der Waals surface area contributed by atoms with Gasteiger partial charge in [-0.3, -0.25) is 4.79 Å². The Labute approximate surface area is 120 Å². The molecule has 0 fully saturated rings. The molecule has 0 unspecified atom stereocenters. The third kappa shape index (κ3) is 2.28. The Morgan fingerprint density at radius 3 is 2.70 bits per heavy atom. The van der Waals surface area contributed by atoms with Crippen molar-refractivity contribution in [2.75, 3.05) is 5.73 Å². The molecular formula is C16H12ClNO2. The molecule has 0 radical (unpaired) electrons. The van der Waals surface area contributed by atoms with Gasteiger partial charge in [0, 0.05) is 21.7 Å². The Kier molecular flexibility index (Phi) is 2.99. The predicted octanol–water partition coefficient (Wildman–Crippen LogP) is 4.21. The molecular weight excluding hydrogens is 274 g/mol. The molecule has 4 heteroatoms. The van der Waals surface area contributed by atoms with Gasteiger partial charge < -0.3 is 10.2 Å². The number of nitrogen functional groups attached to an aromatic ring is 1. The zero-order valence-corrected chi connectivity index (χ0v) is 11.6. The van der Waals surface area contributed by atoms with Gasteiger partial charge in [0.15, 0.2) is 5.76 Å². The number of hydrogen-bond acceptors (Lipinski definition) is 3. The molecule has 3 aromatic rings. The van der Waals surface area contributed by atoms with Gasteiger partial charge in [-0.25, -0.2) is 0 Å². The first-order valence-corrected chi connectivity index (χ1v) is 6.52. The first-order chi connectivity index (χ1) is 9.52. The van der Waals surface area contributed by atoms with Crippen molar-refractivity contribution in [3.8, 4) is 0 Å². The van der Waals surface area contributed by atoms with E-state index in [1.807, 2.05) is 25.1 Å². The molecule has 2 N–H and O–H groups in total. The summed E-state index contributed by atoms with van der Waals surface area (Å²) in [7, 11) is 0. The highest BCUT2D eigenvalue weighted by atomic mass is 35.5. The van der Waals surface area contributed by atoms with Crippen LogP contribution in [-0.2, 0) is 0 Å². The van der Waals surface area contributed by atoms with Gasteiger partial charge in [0.25, 0.3) is 0 Å². The van der Waals surface area contributed by atoms with E-state index in [-0.39, 0.29) is 11.5 Å². The van der Waals surface area contributed by atoms with Crippen molar-refractivity contribution in [1.82, 2.24) is 0 Å². The highest BCUT2D eigenvalue weighted by Gasteiger charge is 2.15. The van der Waals surface area contributed by atoms with Gasteiger partial charge in [-0.15, -0.1) is 0 Å². The summed E-state index contributed by atoms with van der Waals surface area (Å²) in [6.07, 6.45) is 0. The zero-order chi connectivity index (χ0) is 14.3. The third-order valence-electron chi connectivity index (χ3n) is 3.08. The average Bonchev–Trinajstić information content (AvgIpc) is 2.79. The Hall–Kier alpha value is -2.26. The lowest BCUT2D eigenvalue weighted by atomic mass is 10.1. The van der Waals surface area contributed by atoms with Gasteiger partial charge >= 0.3 is 0 Å². The number of hydrogen-bond donors (Lipinski definition) is 1. The molecule has 3 nitrogen and oxygen atoms in total. The van der Waals surface area contributed by atoms with Gasteiger partial charge in [0.1, 0.15) is 5.58 Å². The molecule has 0 atom stereocenters. The number of ketones is 1. The number of rotatable bonds is 2. The lowest BCUT2D eigenvalue weighted by molar-refractivity contribution is 0.101. The van der Waals surface area contributed by atoms with Crippen molar-refractivity contribution >= 4 is 34.0 Å².